The van der Waals surface area contributed by atoms with Crippen molar-refractivity contribution in [1.29, 1.82) is 5.26 Å². The van der Waals surface area contributed by atoms with Gasteiger partial charge in [0.05, 0.1) is 12.8 Å². The van der Waals surface area contributed by atoms with Crippen LogP contribution in [0.4, 0.5) is 10.7 Å². The Kier molecular flexibility index (Phi) is 4.68. The van der Waals surface area contributed by atoms with Crippen LogP contribution in [0, 0.1) is 11.3 Å². The summed E-state index contributed by atoms with van der Waals surface area (Å²) in [6.07, 6.45) is 0. The molecule has 3 N–H and O–H groups in total. The molecule has 1 aromatic carbocycles. The second-order valence-electron chi connectivity index (χ2n) is 4.10. The van der Waals surface area contributed by atoms with Crippen LogP contribution in [-0.2, 0) is 11.3 Å². The van der Waals surface area contributed by atoms with Crippen molar-refractivity contribution in [2.75, 3.05) is 18.2 Å². The molecule has 2 rings (SSSR count). The number of nitrogens with zero attached hydrogens (tertiary/aromatic N) is 1. The van der Waals surface area contributed by atoms with E-state index < -0.39 is 5.97 Å². The van der Waals surface area contributed by atoms with Crippen LogP contribution in [0.15, 0.2) is 24.3 Å². The molecule has 2 aromatic rings. The average molecular weight is 322 g/mol. The molecule has 1 heterocycles. The van der Waals surface area contributed by atoms with Gasteiger partial charge in [-0.25, -0.2) is 4.79 Å². The summed E-state index contributed by atoms with van der Waals surface area (Å²) >= 11 is 7.19. The Morgan fingerprint density at radius 1 is 1.52 bits per heavy atom. The summed E-state index contributed by atoms with van der Waals surface area (Å²) in [6, 6.07) is 9.32. The minimum Gasteiger partial charge on any atom is -0.465 e. The third kappa shape index (κ3) is 3.10. The molecule has 0 saturated carbocycles. The normalized spacial score (nSPS) is 9.95. The van der Waals surface area contributed by atoms with Crippen molar-refractivity contribution in [3.63, 3.8) is 0 Å². The van der Waals surface area contributed by atoms with Crippen molar-refractivity contribution in [2.24, 2.45) is 0 Å². The number of ether oxygens (including phenoxy) is 1. The first-order chi connectivity index (χ1) is 10.1. The van der Waals surface area contributed by atoms with E-state index in [2.05, 4.69) is 5.32 Å². The van der Waals surface area contributed by atoms with E-state index in [1.54, 1.807) is 6.07 Å². The Balaban J connectivity index is 2.30. The number of hydrogen-bond donors (Lipinski definition) is 2. The number of carbonyl (C=O) groups excluding carboxylic acids is 1. The summed E-state index contributed by atoms with van der Waals surface area (Å²) in [5.74, 6) is -0.577. The van der Waals surface area contributed by atoms with Crippen molar-refractivity contribution in [2.45, 2.75) is 6.54 Å². The first-order valence-corrected chi connectivity index (χ1v) is 7.15. The van der Waals surface area contributed by atoms with E-state index in [1.807, 2.05) is 24.3 Å². The van der Waals surface area contributed by atoms with Crippen LogP contribution in [-0.4, -0.2) is 13.1 Å². The lowest BCUT2D eigenvalue weighted by Gasteiger charge is -2.08. The molecular weight excluding hydrogens is 310 g/mol. The molecule has 0 saturated heterocycles. The molecule has 0 unspecified atom stereocenters. The van der Waals surface area contributed by atoms with Gasteiger partial charge in [-0.3, -0.25) is 0 Å². The van der Waals surface area contributed by atoms with Gasteiger partial charge in [0.25, 0.3) is 0 Å². The fourth-order valence-corrected chi connectivity index (χ4v) is 2.88. The number of thiophene rings is 1. The zero-order chi connectivity index (χ0) is 15.4. The van der Waals surface area contributed by atoms with Gasteiger partial charge in [-0.05, 0) is 11.6 Å². The zero-order valence-electron chi connectivity index (χ0n) is 11.1. The van der Waals surface area contributed by atoms with E-state index >= 15 is 0 Å². The number of hydrogen-bond acceptors (Lipinski definition) is 6. The maximum absolute atomic E-state index is 11.8. The average Bonchev–Trinajstić information content (AvgIpc) is 2.81. The third-order valence-electron chi connectivity index (χ3n) is 2.83. The Morgan fingerprint density at radius 3 is 2.86 bits per heavy atom. The standard InChI is InChI=1S/C14H12ClN3O2S/c1-20-14(19)11-12(17)10(6-16)21-13(11)18-7-8-4-2-3-5-9(8)15/h2-5,18H,7,17H2,1H3. The molecule has 5 nitrogen and oxygen atoms in total. The van der Waals surface area contributed by atoms with E-state index in [0.717, 1.165) is 16.9 Å². The molecule has 0 spiro atoms. The van der Waals surface area contributed by atoms with Gasteiger partial charge in [0.2, 0.25) is 0 Å². The van der Waals surface area contributed by atoms with Crippen LogP contribution in [0.3, 0.4) is 0 Å². The van der Waals surface area contributed by atoms with Crippen LogP contribution >= 0.6 is 22.9 Å². The van der Waals surface area contributed by atoms with Crippen molar-refractivity contribution in [1.82, 2.24) is 0 Å². The Morgan fingerprint density at radius 2 is 2.24 bits per heavy atom. The number of nitrogen functional groups attached to an aromatic ring is 1. The molecular formula is C14H12ClN3O2S. The highest BCUT2D eigenvalue weighted by molar-refractivity contribution is 7.17. The maximum Gasteiger partial charge on any atom is 0.343 e. The van der Waals surface area contributed by atoms with Crippen LogP contribution in [0.5, 0.6) is 0 Å². The number of methoxy groups -OCH3 is 1. The van der Waals surface area contributed by atoms with Crippen molar-refractivity contribution in [3.8, 4) is 6.07 Å². The lowest BCUT2D eigenvalue weighted by atomic mass is 10.2. The number of rotatable bonds is 4. The van der Waals surface area contributed by atoms with Gasteiger partial charge in [-0.15, -0.1) is 11.3 Å². The molecule has 0 amide bonds. The first kappa shape index (κ1) is 15.2. The van der Waals surface area contributed by atoms with Gasteiger partial charge in [-0.2, -0.15) is 5.26 Å². The lowest BCUT2D eigenvalue weighted by molar-refractivity contribution is 0.0603. The number of anilines is 2. The second-order valence-corrected chi connectivity index (χ2v) is 5.53. The summed E-state index contributed by atoms with van der Waals surface area (Å²) < 4.78 is 4.70. The number of nitriles is 1. The Bertz CT molecular complexity index is 721. The number of nitrogens with one attached hydrogen (secondary N) is 1. The predicted molar refractivity (Wildman–Crippen MR) is 83.6 cm³/mol. The molecule has 0 aliphatic carbocycles. The summed E-state index contributed by atoms with van der Waals surface area (Å²) in [5, 5.41) is 13.2. The lowest BCUT2D eigenvalue weighted by Crippen LogP contribution is -2.08. The van der Waals surface area contributed by atoms with Crippen molar-refractivity contribution >= 4 is 39.6 Å². The second kappa shape index (κ2) is 6.48. The van der Waals surface area contributed by atoms with Crippen LogP contribution in [0.1, 0.15) is 20.8 Å². The minimum atomic E-state index is -0.577. The fraction of sp³-hybridized carbons (Fsp3) is 0.143. The highest BCUT2D eigenvalue weighted by atomic mass is 35.5. The van der Waals surface area contributed by atoms with Crippen LogP contribution < -0.4 is 11.1 Å². The fourth-order valence-electron chi connectivity index (χ4n) is 1.77. The molecule has 0 bridgehead atoms. The predicted octanol–water partition coefficient (Wildman–Crippen LogP) is 3.25. The van der Waals surface area contributed by atoms with Gasteiger partial charge >= 0.3 is 5.97 Å². The number of carbonyl (C=O) groups is 1. The summed E-state index contributed by atoms with van der Waals surface area (Å²) in [6.45, 7) is 0.411. The van der Waals surface area contributed by atoms with Gasteiger partial charge < -0.3 is 15.8 Å². The summed E-state index contributed by atoms with van der Waals surface area (Å²) in [7, 11) is 1.27. The first-order valence-electron chi connectivity index (χ1n) is 5.96. The number of nitrogens with two attached hydrogens (primary N) is 1. The molecule has 21 heavy (non-hydrogen) atoms. The topological polar surface area (TPSA) is 88.1 Å². The van der Waals surface area contributed by atoms with Gasteiger partial charge in [0.15, 0.2) is 0 Å². The largest absolute Gasteiger partial charge is 0.465 e. The van der Waals surface area contributed by atoms with Crippen molar-refractivity contribution < 1.29 is 9.53 Å². The highest BCUT2D eigenvalue weighted by Crippen LogP contribution is 2.36. The molecule has 7 heteroatoms. The molecule has 1 aromatic heterocycles. The van der Waals surface area contributed by atoms with Crippen molar-refractivity contribution in [3.05, 3.63) is 45.3 Å². The van der Waals surface area contributed by atoms with E-state index in [0.29, 0.717) is 16.6 Å². The highest BCUT2D eigenvalue weighted by Gasteiger charge is 2.22. The maximum atomic E-state index is 11.8. The quantitative estimate of drug-likeness (QED) is 0.844. The summed E-state index contributed by atoms with van der Waals surface area (Å²) in [4.78, 5) is 12.1. The third-order valence-corrected chi connectivity index (χ3v) is 4.27. The molecule has 0 atom stereocenters. The monoisotopic (exact) mass is 321 g/mol. The van der Waals surface area contributed by atoms with Gasteiger partial charge in [0, 0.05) is 11.6 Å². The molecule has 108 valence electrons. The number of esters is 1. The van der Waals surface area contributed by atoms with Crippen LogP contribution in [0.2, 0.25) is 5.02 Å². The smallest absolute Gasteiger partial charge is 0.343 e. The van der Waals surface area contributed by atoms with Gasteiger partial charge in [0.1, 0.15) is 21.5 Å². The van der Waals surface area contributed by atoms with E-state index in [-0.39, 0.29) is 16.1 Å². The Hall–Kier alpha value is -2.23. The number of benzene rings is 1. The Labute approximate surface area is 130 Å². The number of halogens is 1. The SMILES string of the molecule is COC(=O)c1c(NCc2ccccc2Cl)sc(C#N)c1N. The van der Waals surface area contributed by atoms with Gasteiger partial charge in [-0.1, -0.05) is 29.8 Å². The molecule has 0 aliphatic heterocycles. The zero-order valence-corrected chi connectivity index (χ0v) is 12.7. The van der Waals surface area contributed by atoms with Crippen LogP contribution in [0.25, 0.3) is 0 Å². The van der Waals surface area contributed by atoms with E-state index in [9.17, 15) is 4.79 Å². The minimum absolute atomic E-state index is 0.135. The molecule has 0 aliphatic rings. The van der Waals surface area contributed by atoms with E-state index in [1.165, 1.54) is 7.11 Å². The molecule has 0 radical (unpaired) electrons. The van der Waals surface area contributed by atoms with E-state index in [4.69, 9.17) is 27.3 Å². The summed E-state index contributed by atoms with van der Waals surface area (Å²) in [5.41, 5.74) is 7.01. The molecule has 0 fully saturated rings.